The predicted octanol–water partition coefficient (Wildman–Crippen LogP) is 2.15. The van der Waals surface area contributed by atoms with Crippen molar-refractivity contribution in [1.29, 1.82) is 0 Å². The molecule has 118 valence electrons. The largest absolute Gasteiger partial charge is 0.493 e. The van der Waals surface area contributed by atoms with Gasteiger partial charge in [0.15, 0.2) is 11.5 Å². The number of aliphatic hydroxyl groups excluding tert-OH is 1. The Morgan fingerprint density at radius 2 is 2.32 bits per heavy atom. The Hall–Kier alpha value is -0.780. The molecule has 0 radical (unpaired) electrons. The molecule has 2 bridgehead atoms. The van der Waals surface area contributed by atoms with Crippen LogP contribution in [-0.2, 0) is 11.8 Å². The van der Waals surface area contributed by atoms with Crippen molar-refractivity contribution in [3.05, 3.63) is 21.7 Å². The SMILES string of the molecule is COc1cc(Br)c2c3c1OC1C(O)CCC4C(C2)NCCC341. The predicted molar refractivity (Wildman–Crippen MR) is 85.6 cm³/mol. The normalized spacial score (nSPS) is 40.9. The maximum atomic E-state index is 10.6. The number of nitrogens with one attached hydrogen (secondary N) is 1. The first-order chi connectivity index (χ1) is 10.7. The van der Waals surface area contributed by atoms with E-state index in [9.17, 15) is 5.11 Å². The molecule has 1 spiro atoms. The van der Waals surface area contributed by atoms with Crippen LogP contribution in [0.25, 0.3) is 0 Å². The minimum absolute atomic E-state index is 0.0342. The Kier molecular flexibility index (Phi) is 2.73. The lowest BCUT2D eigenvalue weighted by Crippen LogP contribution is -2.66. The number of hydrogen-bond acceptors (Lipinski definition) is 4. The molecule has 4 nitrogen and oxygen atoms in total. The molecule has 0 aromatic heterocycles. The van der Waals surface area contributed by atoms with Crippen LogP contribution >= 0.6 is 15.9 Å². The highest BCUT2D eigenvalue weighted by Crippen LogP contribution is 2.63. The molecule has 2 N–H and O–H groups in total. The molecule has 5 heteroatoms. The zero-order valence-corrected chi connectivity index (χ0v) is 14.1. The van der Waals surface area contributed by atoms with Crippen LogP contribution in [0.4, 0.5) is 0 Å². The highest BCUT2D eigenvalue weighted by Gasteiger charge is 2.64. The van der Waals surface area contributed by atoms with E-state index < -0.39 is 0 Å². The topological polar surface area (TPSA) is 50.7 Å². The van der Waals surface area contributed by atoms with E-state index in [0.717, 1.165) is 48.2 Å². The third-order valence-electron chi connectivity index (χ3n) is 6.38. The third kappa shape index (κ3) is 1.41. The van der Waals surface area contributed by atoms with E-state index >= 15 is 0 Å². The number of aliphatic hydroxyl groups is 1. The Morgan fingerprint density at radius 1 is 1.45 bits per heavy atom. The summed E-state index contributed by atoms with van der Waals surface area (Å²) in [5.41, 5.74) is 2.64. The maximum absolute atomic E-state index is 10.6. The lowest BCUT2D eigenvalue weighted by molar-refractivity contribution is -0.0761. The van der Waals surface area contributed by atoms with Gasteiger partial charge in [-0.15, -0.1) is 0 Å². The smallest absolute Gasteiger partial charge is 0.166 e. The minimum atomic E-state index is -0.378. The van der Waals surface area contributed by atoms with Crippen LogP contribution in [0, 0.1) is 5.92 Å². The van der Waals surface area contributed by atoms with E-state index in [1.54, 1.807) is 7.11 Å². The average molecular weight is 366 g/mol. The molecule has 2 aliphatic heterocycles. The summed E-state index contributed by atoms with van der Waals surface area (Å²) in [5.74, 6) is 2.23. The number of halogens is 1. The molecule has 5 rings (SSSR count). The lowest BCUT2D eigenvalue weighted by atomic mass is 9.52. The van der Waals surface area contributed by atoms with Crippen LogP contribution in [0.15, 0.2) is 10.5 Å². The van der Waals surface area contributed by atoms with Gasteiger partial charge in [-0.25, -0.2) is 0 Å². The molecule has 5 atom stereocenters. The van der Waals surface area contributed by atoms with Gasteiger partial charge in [-0.1, -0.05) is 15.9 Å². The van der Waals surface area contributed by atoms with Crippen molar-refractivity contribution in [3.63, 3.8) is 0 Å². The zero-order valence-electron chi connectivity index (χ0n) is 12.6. The van der Waals surface area contributed by atoms with Gasteiger partial charge in [0, 0.05) is 21.5 Å². The van der Waals surface area contributed by atoms with Crippen LogP contribution in [0.2, 0.25) is 0 Å². The van der Waals surface area contributed by atoms with Crippen LogP contribution in [0.5, 0.6) is 11.5 Å². The summed E-state index contributed by atoms with van der Waals surface area (Å²) in [6.07, 6.45) is 3.49. The molecule has 4 aliphatic rings. The van der Waals surface area contributed by atoms with E-state index in [1.165, 1.54) is 11.1 Å². The first-order valence-electron chi connectivity index (χ1n) is 8.14. The Labute approximate surface area is 138 Å². The molecular weight excluding hydrogens is 346 g/mol. The molecular formula is C17H20BrNO3. The fraction of sp³-hybridized carbons (Fsp3) is 0.647. The molecule has 1 saturated heterocycles. The van der Waals surface area contributed by atoms with Gasteiger partial charge in [-0.2, -0.15) is 0 Å². The van der Waals surface area contributed by atoms with Crippen molar-refractivity contribution in [2.24, 2.45) is 5.92 Å². The van der Waals surface area contributed by atoms with Crippen molar-refractivity contribution in [2.45, 2.75) is 49.3 Å². The minimum Gasteiger partial charge on any atom is -0.493 e. The quantitative estimate of drug-likeness (QED) is 0.800. The fourth-order valence-corrected chi connectivity index (χ4v) is 6.18. The molecule has 1 saturated carbocycles. The van der Waals surface area contributed by atoms with Gasteiger partial charge in [-0.3, -0.25) is 0 Å². The highest BCUT2D eigenvalue weighted by atomic mass is 79.9. The van der Waals surface area contributed by atoms with Gasteiger partial charge in [0.25, 0.3) is 0 Å². The first kappa shape index (κ1) is 13.6. The van der Waals surface area contributed by atoms with E-state index in [0.29, 0.717) is 12.0 Å². The maximum Gasteiger partial charge on any atom is 0.166 e. The molecule has 2 heterocycles. The van der Waals surface area contributed by atoms with Crippen LogP contribution in [0.3, 0.4) is 0 Å². The fourth-order valence-electron chi connectivity index (χ4n) is 5.61. The second kappa shape index (κ2) is 4.40. The Morgan fingerprint density at radius 3 is 3.14 bits per heavy atom. The van der Waals surface area contributed by atoms with E-state index in [-0.39, 0.29) is 17.6 Å². The highest BCUT2D eigenvalue weighted by molar-refractivity contribution is 9.10. The summed E-state index contributed by atoms with van der Waals surface area (Å²) in [7, 11) is 1.69. The number of piperidine rings is 1. The van der Waals surface area contributed by atoms with Gasteiger partial charge in [-0.05, 0) is 49.8 Å². The van der Waals surface area contributed by atoms with Crippen molar-refractivity contribution < 1.29 is 14.6 Å². The summed E-state index contributed by atoms with van der Waals surface area (Å²) >= 11 is 3.74. The van der Waals surface area contributed by atoms with Crippen LogP contribution < -0.4 is 14.8 Å². The van der Waals surface area contributed by atoms with Crippen LogP contribution in [0.1, 0.15) is 30.4 Å². The van der Waals surface area contributed by atoms with Gasteiger partial charge >= 0.3 is 0 Å². The first-order valence-corrected chi connectivity index (χ1v) is 8.94. The van der Waals surface area contributed by atoms with Crippen LogP contribution in [-0.4, -0.2) is 37.0 Å². The summed E-state index contributed by atoms with van der Waals surface area (Å²) < 4.78 is 13.0. The third-order valence-corrected chi connectivity index (χ3v) is 7.08. The molecule has 2 fully saturated rings. The van der Waals surface area contributed by atoms with E-state index in [2.05, 4.69) is 21.2 Å². The van der Waals surface area contributed by atoms with Gasteiger partial charge < -0.3 is 19.9 Å². The Balaban J connectivity index is 1.84. The molecule has 2 aliphatic carbocycles. The number of methoxy groups -OCH3 is 1. The lowest BCUT2D eigenvalue weighted by Gasteiger charge is -2.56. The van der Waals surface area contributed by atoms with Gasteiger partial charge in [0.2, 0.25) is 0 Å². The van der Waals surface area contributed by atoms with Crippen molar-refractivity contribution in [1.82, 2.24) is 5.32 Å². The summed E-state index contributed by atoms with van der Waals surface area (Å²) in [5, 5.41) is 14.3. The van der Waals surface area contributed by atoms with Gasteiger partial charge in [0.1, 0.15) is 6.10 Å². The average Bonchev–Trinajstić information content (AvgIpc) is 2.84. The molecule has 0 amide bonds. The van der Waals surface area contributed by atoms with Gasteiger partial charge in [0.05, 0.1) is 13.2 Å². The van der Waals surface area contributed by atoms with E-state index in [1.807, 2.05) is 6.07 Å². The summed E-state index contributed by atoms with van der Waals surface area (Å²) in [6.45, 7) is 1.00. The van der Waals surface area contributed by atoms with E-state index in [4.69, 9.17) is 9.47 Å². The summed E-state index contributed by atoms with van der Waals surface area (Å²) in [6, 6.07) is 2.51. The van der Waals surface area contributed by atoms with Crippen molar-refractivity contribution in [3.8, 4) is 11.5 Å². The number of ether oxygens (including phenoxy) is 2. The number of hydrogen-bond donors (Lipinski definition) is 2. The second-order valence-electron chi connectivity index (χ2n) is 7.09. The van der Waals surface area contributed by atoms with Crippen molar-refractivity contribution in [2.75, 3.05) is 13.7 Å². The molecule has 1 aromatic carbocycles. The summed E-state index contributed by atoms with van der Waals surface area (Å²) in [4.78, 5) is 0. The Bertz CT molecular complexity index is 664. The monoisotopic (exact) mass is 365 g/mol. The molecule has 1 aromatic rings. The number of rotatable bonds is 1. The van der Waals surface area contributed by atoms with Crippen molar-refractivity contribution >= 4 is 15.9 Å². The molecule has 22 heavy (non-hydrogen) atoms. The second-order valence-corrected chi connectivity index (χ2v) is 7.94. The number of benzene rings is 1. The molecule has 5 unspecified atom stereocenters. The standard InChI is InChI=1S/C17H20BrNO3/c1-21-13-7-10(18)8-6-11-9-2-3-12(20)16-17(9,4-5-19-11)14(8)15(13)22-16/h7,9,11-12,16,19-20H,2-6H2,1H3. The zero-order chi connectivity index (χ0) is 15.1.